The molecule has 1 aromatic carbocycles. The standard InChI is InChI=1S/C13H20N2O2S/c1-10-9-12(7-8-14-10)15-11-3-5-13(6-4-11)18(2,16)17/h3-6,10,12,14-15H,7-9H2,1-2H3. The molecule has 1 aliphatic rings. The number of nitrogens with one attached hydrogen (secondary N) is 2. The SMILES string of the molecule is CC1CC(Nc2ccc(S(C)(=O)=O)cc2)CCN1. The largest absolute Gasteiger partial charge is 0.382 e. The van der Waals surface area contributed by atoms with Gasteiger partial charge in [-0.15, -0.1) is 0 Å². The Hall–Kier alpha value is -1.07. The van der Waals surface area contributed by atoms with Crippen molar-refractivity contribution in [2.24, 2.45) is 0 Å². The highest BCUT2D eigenvalue weighted by molar-refractivity contribution is 7.90. The highest BCUT2D eigenvalue weighted by Gasteiger charge is 2.17. The van der Waals surface area contributed by atoms with Crippen molar-refractivity contribution in [3.63, 3.8) is 0 Å². The molecule has 5 heteroatoms. The molecule has 0 aromatic heterocycles. The van der Waals surface area contributed by atoms with Crippen molar-refractivity contribution in [1.82, 2.24) is 5.32 Å². The van der Waals surface area contributed by atoms with E-state index in [9.17, 15) is 8.42 Å². The van der Waals surface area contributed by atoms with Gasteiger partial charge in [-0.2, -0.15) is 0 Å². The zero-order valence-corrected chi connectivity index (χ0v) is 11.6. The Morgan fingerprint density at radius 1 is 1.28 bits per heavy atom. The quantitative estimate of drug-likeness (QED) is 0.875. The number of hydrogen-bond donors (Lipinski definition) is 2. The number of anilines is 1. The zero-order valence-electron chi connectivity index (χ0n) is 10.8. The summed E-state index contributed by atoms with van der Waals surface area (Å²) in [7, 11) is -3.10. The Balaban J connectivity index is 2.02. The van der Waals surface area contributed by atoms with Gasteiger partial charge in [0, 0.05) is 24.0 Å². The van der Waals surface area contributed by atoms with Crippen LogP contribution in [-0.4, -0.2) is 33.3 Å². The first-order valence-corrected chi connectivity index (χ1v) is 8.14. The van der Waals surface area contributed by atoms with Gasteiger partial charge in [-0.3, -0.25) is 0 Å². The van der Waals surface area contributed by atoms with Gasteiger partial charge in [0.15, 0.2) is 9.84 Å². The fourth-order valence-corrected chi connectivity index (χ4v) is 2.93. The molecule has 2 atom stereocenters. The first-order chi connectivity index (χ1) is 8.45. The molecule has 0 bridgehead atoms. The number of rotatable bonds is 3. The Morgan fingerprint density at radius 3 is 2.50 bits per heavy atom. The highest BCUT2D eigenvalue weighted by atomic mass is 32.2. The third kappa shape index (κ3) is 3.46. The van der Waals surface area contributed by atoms with E-state index < -0.39 is 9.84 Å². The minimum atomic E-state index is -3.10. The van der Waals surface area contributed by atoms with Crippen molar-refractivity contribution in [3.05, 3.63) is 24.3 Å². The fraction of sp³-hybridized carbons (Fsp3) is 0.538. The Labute approximate surface area is 109 Å². The lowest BCUT2D eigenvalue weighted by atomic mass is 10.0. The van der Waals surface area contributed by atoms with Gasteiger partial charge in [0.1, 0.15) is 0 Å². The minimum absolute atomic E-state index is 0.367. The van der Waals surface area contributed by atoms with Crippen molar-refractivity contribution in [1.29, 1.82) is 0 Å². The van der Waals surface area contributed by atoms with Crippen molar-refractivity contribution >= 4 is 15.5 Å². The molecule has 1 fully saturated rings. The number of benzene rings is 1. The summed E-state index contributed by atoms with van der Waals surface area (Å²) < 4.78 is 22.7. The lowest BCUT2D eigenvalue weighted by Crippen LogP contribution is -2.41. The Morgan fingerprint density at radius 2 is 1.94 bits per heavy atom. The van der Waals surface area contributed by atoms with Crippen LogP contribution >= 0.6 is 0 Å². The predicted octanol–water partition coefficient (Wildman–Crippen LogP) is 1.64. The van der Waals surface area contributed by atoms with Crippen LogP contribution in [-0.2, 0) is 9.84 Å². The van der Waals surface area contributed by atoms with Gasteiger partial charge >= 0.3 is 0 Å². The van der Waals surface area contributed by atoms with Crippen molar-refractivity contribution < 1.29 is 8.42 Å². The van der Waals surface area contributed by atoms with Crippen LogP contribution in [0.3, 0.4) is 0 Å². The van der Waals surface area contributed by atoms with Crippen LogP contribution in [0.1, 0.15) is 19.8 Å². The molecule has 2 unspecified atom stereocenters. The van der Waals surface area contributed by atoms with Crippen molar-refractivity contribution in [3.8, 4) is 0 Å². The van der Waals surface area contributed by atoms with E-state index >= 15 is 0 Å². The topological polar surface area (TPSA) is 58.2 Å². The number of hydrogen-bond acceptors (Lipinski definition) is 4. The summed E-state index contributed by atoms with van der Waals surface area (Å²) in [6, 6.07) is 7.98. The van der Waals surface area contributed by atoms with Gasteiger partial charge in [0.2, 0.25) is 0 Å². The molecule has 1 aliphatic heterocycles. The van der Waals surface area contributed by atoms with Crippen LogP contribution in [0.25, 0.3) is 0 Å². The molecule has 1 heterocycles. The minimum Gasteiger partial charge on any atom is -0.382 e. The Bertz CT molecular complexity index is 496. The molecule has 1 aromatic rings. The zero-order chi connectivity index (χ0) is 13.2. The molecule has 0 radical (unpaired) electrons. The van der Waals surface area contributed by atoms with E-state index in [1.807, 2.05) is 12.1 Å². The second-order valence-electron chi connectivity index (χ2n) is 5.02. The summed E-state index contributed by atoms with van der Waals surface area (Å²) >= 11 is 0. The molecule has 0 aliphatic carbocycles. The third-order valence-corrected chi connectivity index (χ3v) is 4.41. The lowest BCUT2D eigenvalue weighted by molar-refractivity contribution is 0.396. The molecule has 4 nitrogen and oxygen atoms in total. The maximum Gasteiger partial charge on any atom is 0.175 e. The summed E-state index contributed by atoms with van der Waals surface area (Å²) in [4.78, 5) is 0.367. The molecule has 0 spiro atoms. The van der Waals surface area contributed by atoms with Gasteiger partial charge in [0.25, 0.3) is 0 Å². The molecule has 2 rings (SSSR count). The molecule has 0 amide bonds. The van der Waals surface area contributed by atoms with E-state index in [0.29, 0.717) is 17.0 Å². The van der Waals surface area contributed by atoms with E-state index in [1.54, 1.807) is 12.1 Å². The van der Waals surface area contributed by atoms with Crippen LogP contribution in [0.2, 0.25) is 0 Å². The number of piperidine rings is 1. The smallest absolute Gasteiger partial charge is 0.175 e. The monoisotopic (exact) mass is 268 g/mol. The van der Waals surface area contributed by atoms with Crippen molar-refractivity contribution in [2.75, 3.05) is 18.1 Å². The average Bonchev–Trinajstić information content (AvgIpc) is 2.28. The van der Waals surface area contributed by atoms with Crippen LogP contribution in [0.5, 0.6) is 0 Å². The van der Waals surface area contributed by atoms with Gasteiger partial charge in [-0.25, -0.2) is 8.42 Å². The van der Waals surface area contributed by atoms with Gasteiger partial charge < -0.3 is 10.6 Å². The van der Waals surface area contributed by atoms with Crippen LogP contribution < -0.4 is 10.6 Å². The molecule has 0 saturated carbocycles. The average molecular weight is 268 g/mol. The first-order valence-electron chi connectivity index (χ1n) is 6.25. The molecule has 2 N–H and O–H groups in total. The highest BCUT2D eigenvalue weighted by Crippen LogP contribution is 2.18. The maximum absolute atomic E-state index is 11.3. The first kappa shape index (κ1) is 13.4. The van der Waals surface area contributed by atoms with E-state index in [4.69, 9.17) is 0 Å². The van der Waals surface area contributed by atoms with Gasteiger partial charge in [-0.05, 0) is 50.6 Å². The van der Waals surface area contributed by atoms with E-state index in [0.717, 1.165) is 25.1 Å². The van der Waals surface area contributed by atoms with E-state index in [-0.39, 0.29) is 0 Å². The second kappa shape index (κ2) is 5.28. The molecule has 1 saturated heterocycles. The van der Waals surface area contributed by atoms with Gasteiger partial charge in [0.05, 0.1) is 4.90 Å². The van der Waals surface area contributed by atoms with Crippen molar-refractivity contribution in [2.45, 2.75) is 36.7 Å². The van der Waals surface area contributed by atoms with Crippen LogP contribution in [0, 0.1) is 0 Å². The molecule has 100 valence electrons. The molecular formula is C13H20N2O2S. The second-order valence-corrected chi connectivity index (χ2v) is 7.03. The summed E-state index contributed by atoms with van der Waals surface area (Å²) in [6.45, 7) is 3.21. The predicted molar refractivity (Wildman–Crippen MR) is 73.7 cm³/mol. The summed E-state index contributed by atoms with van der Waals surface area (Å²) in [5.74, 6) is 0. The summed E-state index contributed by atoms with van der Waals surface area (Å²) in [5.41, 5.74) is 0.988. The Kier molecular flexibility index (Phi) is 3.92. The fourth-order valence-electron chi connectivity index (χ4n) is 2.30. The lowest BCUT2D eigenvalue weighted by Gasteiger charge is -2.29. The van der Waals surface area contributed by atoms with E-state index in [2.05, 4.69) is 17.6 Å². The third-order valence-electron chi connectivity index (χ3n) is 3.28. The molecular weight excluding hydrogens is 248 g/mol. The maximum atomic E-state index is 11.3. The van der Waals surface area contributed by atoms with Crippen LogP contribution in [0.15, 0.2) is 29.2 Å². The van der Waals surface area contributed by atoms with Gasteiger partial charge in [-0.1, -0.05) is 0 Å². The van der Waals surface area contributed by atoms with Crippen LogP contribution in [0.4, 0.5) is 5.69 Å². The molecule has 18 heavy (non-hydrogen) atoms. The van der Waals surface area contributed by atoms with E-state index in [1.165, 1.54) is 6.26 Å². The number of sulfone groups is 1. The summed E-state index contributed by atoms with van der Waals surface area (Å²) in [6.07, 6.45) is 3.41. The summed E-state index contributed by atoms with van der Waals surface area (Å²) in [5, 5.41) is 6.86. The normalized spacial score (nSPS) is 24.8.